The molecule has 5 nitrogen and oxygen atoms in total. The molecule has 0 aliphatic heterocycles. The standard InChI is InChI=1S/C50H29N5/c51-30-32-13-11-19-41-39-17-5-10-25-47(39)55(49(32)41)46-24-9-1-14-36(46)35-28-27-34(29-33(35)31-52)53-43-21-6-4-18-40(43)42-20-12-26-48(50(42)53)54-44-22-7-2-15-37(44)38-16-3-8-23-45(38)54/h1-29H. The third-order valence-corrected chi connectivity index (χ3v) is 11.1. The zero-order chi connectivity index (χ0) is 36.6. The van der Waals surface area contributed by atoms with Gasteiger partial charge in [0.15, 0.2) is 0 Å². The van der Waals surface area contributed by atoms with Crippen molar-refractivity contribution in [1.29, 1.82) is 10.5 Å². The molecule has 254 valence electrons. The first-order chi connectivity index (χ1) is 27.2. The summed E-state index contributed by atoms with van der Waals surface area (Å²) in [7, 11) is 0. The van der Waals surface area contributed by atoms with Crippen LogP contribution in [0.2, 0.25) is 0 Å². The number of rotatable bonds is 4. The van der Waals surface area contributed by atoms with Crippen molar-refractivity contribution in [3.8, 4) is 40.3 Å². The molecule has 3 heterocycles. The molecule has 0 amide bonds. The van der Waals surface area contributed by atoms with E-state index in [-0.39, 0.29) is 0 Å². The van der Waals surface area contributed by atoms with Crippen LogP contribution >= 0.6 is 0 Å². The second-order valence-electron chi connectivity index (χ2n) is 13.9. The maximum atomic E-state index is 10.9. The number of hydrogen-bond donors (Lipinski definition) is 0. The highest BCUT2D eigenvalue weighted by molar-refractivity contribution is 6.15. The molecule has 0 bridgehead atoms. The molecule has 0 unspecified atom stereocenters. The highest BCUT2D eigenvalue weighted by Crippen LogP contribution is 2.42. The van der Waals surface area contributed by atoms with Crippen LogP contribution in [0.3, 0.4) is 0 Å². The van der Waals surface area contributed by atoms with Gasteiger partial charge in [-0.1, -0.05) is 121 Å². The first-order valence-corrected chi connectivity index (χ1v) is 18.3. The number of aromatic nitrogens is 3. The van der Waals surface area contributed by atoms with Crippen LogP contribution in [-0.4, -0.2) is 13.7 Å². The van der Waals surface area contributed by atoms with Crippen molar-refractivity contribution in [2.24, 2.45) is 0 Å². The van der Waals surface area contributed by atoms with Crippen molar-refractivity contribution in [3.05, 3.63) is 187 Å². The van der Waals surface area contributed by atoms with E-state index in [9.17, 15) is 10.5 Å². The Kier molecular flexibility index (Phi) is 6.61. The van der Waals surface area contributed by atoms with Crippen LogP contribution in [0, 0.1) is 22.7 Å². The molecule has 0 N–H and O–H groups in total. The van der Waals surface area contributed by atoms with Gasteiger partial charge >= 0.3 is 0 Å². The van der Waals surface area contributed by atoms with Crippen molar-refractivity contribution in [3.63, 3.8) is 0 Å². The number of para-hydroxylation sites is 7. The minimum Gasteiger partial charge on any atom is -0.307 e. The second kappa shape index (κ2) is 11.8. The molecule has 0 saturated heterocycles. The Balaban J connectivity index is 1.18. The molecule has 0 radical (unpaired) electrons. The van der Waals surface area contributed by atoms with Crippen LogP contribution in [0.4, 0.5) is 0 Å². The van der Waals surface area contributed by atoms with Gasteiger partial charge in [0.05, 0.1) is 61.7 Å². The summed E-state index contributed by atoms with van der Waals surface area (Å²) in [6.45, 7) is 0. The number of hydrogen-bond acceptors (Lipinski definition) is 2. The van der Waals surface area contributed by atoms with Crippen molar-refractivity contribution >= 4 is 65.4 Å². The monoisotopic (exact) mass is 699 g/mol. The Morgan fingerprint density at radius 1 is 0.327 bits per heavy atom. The van der Waals surface area contributed by atoms with E-state index in [1.807, 2.05) is 42.5 Å². The molecule has 0 fully saturated rings. The molecule has 55 heavy (non-hydrogen) atoms. The first-order valence-electron chi connectivity index (χ1n) is 18.3. The molecule has 3 aromatic heterocycles. The summed E-state index contributed by atoms with van der Waals surface area (Å²) in [6.07, 6.45) is 0. The molecule has 11 rings (SSSR count). The lowest BCUT2D eigenvalue weighted by Gasteiger charge is -2.17. The van der Waals surface area contributed by atoms with E-state index in [4.69, 9.17) is 0 Å². The zero-order valence-electron chi connectivity index (χ0n) is 29.5. The Morgan fingerprint density at radius 3 is 1.44 bits per heavy atom. The lowest BCUT2D eigenvalue weighted by molar-refractivity contribution is 1.13. The molecule has 0 spiro atoms. The van der Waals surface area contributed by atoms with E-state index in [0.717, 1.165) is 82.8 Å². The fourth-order valence-corrected chi connectivity index (χ4v) is 8.89. The van der Waals surface area contributed by atoms with Crippen LogP contribution in [0.15, 0.2) is 176 Å². The Labute approximate surface area is 316 Å². The Bertz CT molecular complexity index is 3420. The van der Waals surface area contributed by atoms with E-state index in [2.05, 4.69) is 159 Å². The summed E-state index contributed by atoms with van der Waals surface area (Å²) >= 11 is 0. The van der Waals surface area contributed by atoms with E-state index in [1.165, 1.54) is 10.8 Å². The fourth-order valence-electron chi connectivity index (χ4n) is 8.89. The van der Waals surface area contributed by atoms with Gasteiger partial charge in [0, 0.05) is 49.1 Å². The molecule has 0 saturated carbocycles. The number of nitrogens with zero attached hydrogens (tertiary/aromatic N) is 5. The number of benzene rings is 8. The summed E-state index contributed by atoms with van der Waals surface area (Å²) in [5, 5.41) is 27.9. The SMILES string of the molecule is N#Cc1cc(-n2c3ccccc3c3cccc(-n4c5ccccc5c5ccccc54)c32)ccc1-c1ccccc1-n1c2ccccc2c2cccc(C#N)c21. The van der Waals surface area contributed by atoms with Gasteiger partial charge in [-0.25, -0.2) is 0 Å². The molecule has 0 aliphatic rings. The van der Waals surface area contributed by atoms with E-state index in [1.54, 1.807) is 0 Å². The highest BCUT2D eigenvalue weighted by atomic mass is 15.1. The maximum absolute atomic E-state index is 10.9. The van der Waals surface area contributed by atoms with Gasteiger partial charge in [0.1, 0.15) is 6.07 Å². The van der Waals surface area contributed by atoms with Crippen molar-refractivity contribution in [2.75, 3.05) is 0 Å². The summed E-state index contributed by atoms with van der Waals surface area (Å²) in [5.74, 6) is 0. The molecule has 0 aliphatic carbocycles. The third kappa shape index (κ3) is 4.33. The molecule has 8 aromatic carbocycles. The predicted octanol–water partition coefficient (Wildman–Crippen LogP) is 12.4. The van der Waals surface area contributed by atoms with Gasteiger partial charge in [0.25, 0.3) is 0 Å². The average molecular weight is 700 g/mol. The molecule has 11 aromatic rings. The maximum Gasteiger partial charge on any atom is 0.101 e. The Hall–Kier alpha value is -7.86. The average Bonchev–Trinajstić information content (AvgIpc) is 3.89. The van der Waals surface area contributed by atoms with Crippen LogP contribution in [0.1, 0.15) is 11.1 Å². The van der Waals surface area contributed by atoms with E-state index >= 15 is 0 Å². The molecule has 0 atom stereocenters. The zero-order valence-corrected chi connectivity index (χ0v) is 29.5. The van der Waals surface area contributed by atoms with Crippen molar-refractivity contribution in [1.82, 2.24) is 13.7 Å². The number of nitriles is 2. The van der Waals surface area contributed by atoms with Gasteiger partial charge in [-0.2, -0.15) is 10.5 Å². The minimum atomic E-state index is 0.562. The largest absolute Gasteiger partial charge is 0.307 e. The molecule has 5 heteroatoms. The smallest absolute Gasteiger partial charge is 0.101 e. The lowest BCUT2D eigenvalue weighted by atomic mass is 9.97. The van der Waals surface area contributed by atoms with Gasteiger partial charge in [-0.05, 0) is 54.6 Å². The molecular weight excluding hydrogens is 671 g/mol. The van der Waals surface area contributed by atoms with Crippen LogP contribution in [0.25, 0.3) is 93.6 Å². The van der Waals surface area contributed by atoms with Crippen LogP contribution in [-0.2, 0) is 0 Å². The summed E-state index contributed by atoms with van der Waals surface area (Å²) in [5.41, 5.74) is 12.1. The number of fused-ring (bicyclic) bond motifs is 9. The third-order valence-electron chi connectivity index (χ3n) is 11.1. The lowest BCUT2D eigenvalue weighted by Crippen LogP contribution is -2.02. The van der Waals surface area contributed by atoms with Gasteiger partial charge in [-0.3, -0.25) is 0 Å². The highest BCUT2D eigenvalue weighted by Gasteiger charge is 2.22. The predicted molar refractivity (Wildman–Crippen MR) is 224 cm³/mol. The topological polar surface area (TPSA) is 62.4 Å². The first kappa shape index (κ1) is 30.7. The summed E-state index contributed by atoms with van der Waals surface area (Å²) in [6, 6.07) is 65.8. The van der Waals surface area contributed by atoms with Crippen molar-refractivity contribution < 1.29 is 0 Å². The van der Waals surface area contributed by atoms with Gasteiger partial charge < -0.3 is 13.7 Å². The summed E-state index contributed by atoms with van der Waals surface area (Å²) in [4.78, 5) is 0. The molecular formula is C50H29N5. The van der Waals surface area contributed by atoms with Gasteiger partial charge in [0.2, 0.25) is 0 Å². The second-order valence-corrected chi connectivity index (χ2v) is 13.9. The van der Waals surface area contributed by atoms with E-state index < -0.39 is 0 Å². The fraction of sp³-hybridized carbons (Fsp3) is 0. The Morgan fingerprint density at radius 2 is 0.800 bits per heavy atom. The van der Waals surface area contributed by atoms with Gasteiger partial charge in [-0.15, -0.1) is 0 Å². The normalized spacial score (nSPS) is 11.6. The van der Waals surface area contributed by atoms with Crippen LogP contribution in [0.5, 0.6) is 0 Å². The minimum absolute atomic E-state index is 0.562. The van der Waals surface area contributed by atoms with E-state index in [0.29, 0.717) is 11.1 Å². The van der Waals surface area contributed by atoms with Crippen molar-refractivity contribution in [2.45, 2.75) is 0 Å². The van der Waals surface area contributed by atoms with Crippen LogP contribution < -0.4 is 0 Å². The quantitative estimate of drug-likeness (QED) is 0.184. The summed E-state index contributed by atoms with van der Waals surface area (Å²) < 4.78 is 6.87.